The van der Waals surface area contributed by atoms with E-state index in [-0.39, 0.29) is 0 Å². The number of hydrogen-bond donors (Lipinski definition) is 1. The Kier molecular flexibility index (Phi) is 4.12. The van der Waals surface area contributed by atoms with E-state index in [1.807, 2.05) is 18.2 Å². The number of anilines is 1. The van der Waals surface area contributed by atoms with Gasteiger partial charge in [0, 0.05) is 30.9 Å². The molecule has 2 rings (SSSR count). The highest BCUT2D eigenvalue weighted by Crippen LogP contribution is 2.20. The first-order valence-corrected chi connectivity index (χ1v) is 5.84. The molecule has 0 aliphatic carbocycles. The summed E-state index contributed by atoms with van der Waals surface area (Å²) in [4.78, 5) is 4.22. The molecule has 17 heavy (non-hydrogen) atoms. The van der Waals surface area contributed by atoms with Gasteiger partial charge >= 0.3 is 0 Å². The zero-order valence-electron chi connectivity index (χ0n) is 8.90. The molecule has 0 bridgehead atoms. The first-order valence-electron chi connectivity index (χ1n) is 5.08. The Bertz CT molecular complexity index is 490. The fourth-order valence-electron chi connectivity index (χ4n) is 1.35. The highest BCUT2D eigenvalue weighted by molar-refractivity contribution is 6.33. The number of nitrogens with one attached hydrogen (secondary N) is 1. The standard InChI is InChI=1S/C11H10Cl2N4/c12-10-7-9(11(13)17-16-10)15-6-4-8-3-1-2-5-14-8/h1-3,5,7H,4,6H2,(H,15,16). The average molecular weight is 269 g/mol. The van der Waals surface area contributed by atoms with E-state index in [0.29, 0.717) is 22.5 Å². The molecule has 0 radical (unpaired) electrons. The number of aromatic nitrogens is 3. The fraction of sp³-hybridized carbons (Fsp3) is 0.182. The smallest absolute Gasteiger partial charge is 0.174 e. The van der Waals surface area contributed by atoms with Crippen molar-refractivity contribution in [1.29, 1.82) is 0 Å². The Morgan fingerprint density at radius 3 is 2.82 bits per heavy atom. The molecule has 0 aliphatic rings. The van der Waals surface area contributed by atoms with Gasteiger partial charge < -0.3 is 5.32 Å². The molecule has 0 spiro atoms. The van der Waals surface area contributed by atoms with E-state index in [9.17, 15) is 0 Å². The van der Waals surface area contributed by atoms with Gasteiger partial charge in [0.2, 0.25) is 0 Å². The molecule has 0 saturated heterocycles. The quantitative estimate of drug-likeness (QED) is 0.927. The van der Waals surface area contributed by atoms with Gasteiger partial charge in [0.1, 0.15) is 0 Å². The minimum absolute atomic E-state index is 0.315. The van der Waals surface area contributed by atoms with Crippen molar-refractivity contribution < 1.29 is 0 Å². The van der Waals surface area contributed by atoms with Gasteiger partial charge in [-0.2, -0.15) is 0 Å². The molecule has 2 aromatic rings. The molecule has 0 aromatic carbocycles. The van der Waals surface area contributed by atoms with Crippen molar-refractivity contribution in [2.75, 3.05) is 11.9 Å². The Morgan fingerprint density at radius 2 is 2.06 bits per heavy atom. The lowest BCUT2D eigenvalue weighted by Gasteiger charge is -2.06. The summed E-state index contributed by atoms with van der Waals surface area (Å²) in [5.41, 5.74) is 1.70. The summed E-state index contributed by atoms with van der Waals surface area (Å²) in [6.45, 7) is 0.707. The molecule has 2 heterocycles. The van der Waals surface area contributed by atoms with Crippen LogP contribution in [0.2, 0.25) is 10.3 Å². The maximum Gasteiger partial charge on any atom is 0.174 e. The summed E-state index contributed by atoms with van der Waals surface area (Å²) in [5, 5.41) is 11.1. The van der Waals surface area contributed by atoms with Gasteiger partial charge in [0.05, 0.1) is 5.69 Å². The lowest BCUT2D eigenvalue weighted by molar-refractivity contribution is 0.952. The van der Waals surface area contributed by atoms with E-state index in [1.165, 1.54) is 0 Å². The number of pyridine rings is 1. The monoisotopic (exact) mass is 268 g/mol. The first-order chi connectivity index (χ1) is 8.25. The summed E-state index contributed by atoms with van der Waals surface area (Å²) in [7, 11) is 0. The molecule has 0 saturated carbocycles. The predicted molar refractivity (Wildman–Crippen MR) is 68.5 cm³/mol. The molecule has 0 amide bonds. The van der Waals surface area contributed by atoms with Crippen LogP contribution in [0.4, 0.5) is 5.69 Å². The molecule has 0 aliphatic heterocycles. The fourth-order valence-corrected chi connectivity index (χ4v) is 1.65. The lowest BCUT2D eigenvalue weighted by Crippen LogP contribution is -2.07. The second kappa shape index (κ2) is 5.80. The number of nitrogens with zero attached hydrogens (tertiary/aromatic N) is 3. The van der Waals surface area contributed by atoms with Crippen molar-refractivity contribution >= 4 is 28.9 Å². The molecule has 2 aromatic heterocycles. The van der Waals surface area contributed by atoms with Crippen LogP contribution in [0.15, 0.2) is 30.5 Å². The van der Waals surface area contributed by atoms with Crippen LogP contribution in [0.25, 0.3) is 0 Å². The van der Waals surface area contributed by atoms with Crippen molar-refractivity contribution in [3.05, 3.63) is 46.5 Å². The van der Waals surface area contributed by atoms with Crippen molar-refractivity contribution in [2.45, 2.75) is 6.42 Å². The van der Waals surface area contributed by atoms with Gasteiger partial charge in [-0.15, -0.1) is 10.2 Å². The second-order valence-corrected chi connectivity index (χ2v) is 4.11. The van der Waals surface area contributed by atoms with Crippen LogP contribution in [0.1, 0.15) is 5.69 Å². The van der Waals surface area contributed by atoms with Crippen LogP contribution in [-0.4, -0.2) is 21.7 Å². The summed E-state index contributed by atoms with van der Waals surface area (Å²) >= 11 is 11.6. The van der Waals surface area contributed by atoms with Crippen molar-refractivity contribution in [3.63, 3.8) is 0 Å². The maximum atomic E-state index is 5.87. The molecular formula is C11H10Cl2N4. The van der Waals surface area contributed by atoms with Gasteiger partial charge in [0.25, 0.3) is 0 Å². The van der Waals surface area contributed by atoms with Crippen LogP contribution in [0, 0.1) is 0 Å². The van der Waals surface area contributed by atoms with Crippen molar-refractivity contribution in [3.8, 4) is 0 Å². The summed E-state index contributed by atoms with van der Waals surface area (Å²) in [6, 6.07) is 7.47. The normalized spacial score (nSPS) is 10.2. The summed E-state index contributed by atoms with van der Waals surface area (Å²) in [5.74, 6) is 0. The van der Waals surface area contributed by atoms with Gasteiger partial charge in [-0.3, -0.25) is 4.98 Å². The molecule has 6 heteroatoms. The zero-order chi connectivity index (χ0) is 12.1. The van der Waals surface area contributed by atoms with Crippen LogP contribution in [0.3, 0.4) is 0 Å². The summed E-state index contributed by atoms with van der Waals surface area (Å²) < 4.78 is 0. The van der Waals surface area contributed by atoms with E-state index >= 15 is 0 Å². The third-order valence-electron chi connectivity index (χ3n) is 2.14. The Labute approximate surface area is 109 Å². The van der Waals surface area contributed by atoms with Gasteiger partial charge in [-0.25, -0.2) is 0 Å². The maximum absolute atomic E-state index is 5.87. The molecule has 1 N–H and O–H groups in total. The van der Waals surface area contributed by atoms with Crippen molar-refractivity contribution in [2.24, 2.45) is 0 Å². The molecular weight excluding hydrogens is 259 g/mol. The van der Waals surface area contributed by atoms with E-state index in [4.69, 9.17) is 23.2 Å². The van der Waals surface area contributed by atoms with Gasteiger partial charge in [-0.05, 0) is 12.1 Å². The predicted octanol–water partition coefficient (Wildman–Crippen LogP) is 2.83. The van der Waals surface area contributed by atoms with Crippen LogP contribution in [0.5, 0.6) is 0 Å². The average Bonchev–Trinajstić information content (AvgIpc) is 2.35. The Balaban J connectivity index is 1.92. The minimum Gasteiger partial charge on any atom is -0.382 e. The molecule has 0 atom stereocenters. The van der Waals surface area contributed by atoms with E-state index in [2.05, 4.69) is 20.5 Å². The van der Waals surface area contributed by atoms with E-state index < -0.39 is 0 Å². The SMILES string of the molecule is Clc1cc(NCCc2ccccn2)c(Cl)nn1. The number of rotatable bonds is 4. The molecule has 4 nitrogen and oxygen atoms in total. The third-order valence-corrected chi connectivity index (χ3v) is 2.61. The first kappa shape index (κ1) is 12.1. The number of halogens is 2. The van der Waals surface area contributed by atoms with Crippen LogP contribution >= 0.6 is 23.2 Å². The highest BCUT2D eigenvalue weighted by atomic mass is 35.5. The minimum atomic E-state index is 0.315. The zero-order valence-corrected chi connectivity index (χ0v) is 10.4. The van der Waals surface area contributed by atoms with E-state index in [1.54, 1.807) is 12.3 Å². The lowest BCUT2D eigenvalue weighted by atomic mass is 10.2. The van der Waals surface area contributed by atoms with Crippen LogP contribution < -0.4 is 5.32 Å². The van der Waals surface area contributed by atoms with Crippen molar-refractivity contribution in [1.82, 2.24) is 15.2 Å². The number of hydrogen-bond acceptors (Lipinski definition) is 4. The highest BCUT2D eigenvalue weighted by Gasteiger charge is 2.03. The van der Waals surface area contributed by atoms with Gasteiger partial charge in [0.15, 0.2) is 10.3 Å². The molecule has 0 unspecified atom stereocenters. The largest absolute Gasteiger partial charge is 0.382 e. The Morgan fingerprint density at radius 1 is 1.18 bits per heavy atom. The molecule has 0 fully saturated rings. The third kappa shape index (κ3) is 3.54. The topological polar surface area (TPSA) is 50.7 Å². The molecule has 88 valence electrons. The van der Waals surface area contributed by atoms with E-state index in [0.717, 1.165) is 12.1 Å². The second-order valence-electron chi connectivity index (χ2n) is 3.37. The summed E-state index contributed by atoms with van der Waals surface area (Å²) in [6.07, 6.45) is 2.57. The van der Waals surface area contributed by atoms with Crippen LogP contribution in [-0.2, 0) is 6.42 Å². The van der Waals surface area contributed by atoms with Gasteiger partial charge in [-0.1, -0.05) is 29.3 Å². The Hall–Kier alpha value is -1.39.